The van der Waals surface area contributed by atoms with E-state index in [1.807, 2.05) is 54.6 Å². The predicted molar refractivity (Wildman–Crippen MR) is 194 cm³/mol. The Bertz CT molecular complexity index is 2910. The molecule has 0 aliphatic carbocycles. The molecule has 3 heterocycles. The van der Waals surface area contributed by atoms with E-state index in [0.717, 1.165) is 66.1 Å². The third kappa shape index (κ3) is 3.61. The third-order valence-corrected chi connectivity index (χ3v) is 9.52. The number of rotatable bonds is 3. The average Bonchev–Trinajstić information content (AvgIpc) is 3.65. The molecule has 0 unspecified atom stereocenters. The van der Waals surface area contributed by atoms with Gasteiger partial charge < -0.3 is 13.6 Å². The lowest BCUT2D eigenvalue weighted by molar-refractivity contribution is 0.657. The van der Waals surface area contributed by atoms with Crippen molar-refractivity contribution in [1.29, 1.82) is 0 Å². The Morgan fingerprint density at radius 2 is 1.09 bits per heavy atom. The Hall–Kier alpha value is -6.39. The van der Waals surface area contributed by atoms with Gasteiger partial charge in [-0.15, -0.1) is 0 Å². The Morgan fingerprint density at radius 1 is 0.447 bits per heavy atom. The first kappa shape index (κ1) is 25.9. The van der Waals surface area contributed by atoms with Crippen LogP contribution in [-0.2, 0) is 0 Å². The van der Waals surface area contributed by atoms with Crippen molar-refractivity contribution in [3.05, 3.63) is 168 Å². The minimum atomic E-state index is -0.0332. The first-order valence-electron chi connectivity index (χ1n) is 15.8. The number of aromatic nitrogens is 2. The fraction of sp³-hybridized carbons (Fsp3) is 0. The number of nitrogens with zero attached hydrogens (tertiary/aromatic N) is 2. The van der Waals surface area contributed by atoms with Crippen LogP contribution in [0.2, 0.25) is 0 Å². The molecule has 3 aromatic heterocycles. The number of hydrogen-bond donors (Lipinski definition) is 0. The van der Waals surface area contributed by atoms with Gasteiger partial charge >= 0.3 is 0 Å². The first-order chi connectivity index (χ1) is 23.3. The first-order valence-corrected chi connectivity index (χ1v) is 15.8. The van der Waals surface area contributed by atoms with E-state index in [1.165, 1.54) is 0 Å². The summed E-state index contributed by atoms with van der Waals surface area (Å²) in [7, 11) is 0. The molecule has 4 heteroatoms. The molecule has 0 bridgehead atoms. The summed E-state index contributed by atoms with van der Waals surface area (Å²) < 4.78 is 11.4. The summed E-state index contributed by atoms with van der Waals surface area (Å²) in [4.78, 5) is 14.4. The number of fused-ring (bicyclic) bond motifs is 9. The summed E-state index contributed by atoms with van der Waals surface area (Å²) in [6.45, 7) is 0. The van der Waals surface area contributed by atoms with E-state index in [1.54, 1.807) is 0 Å². The lowest BCUT2D eigenvalue weighted by Gasteiger charge is -2.15. The van der Waals surface area contributed by atoms with Crippen molar-refractivity contribution in [2.45, 2.75) is 0 Å². The second-order valence-corrected chi connectivity index (χ2v) is 12.0. The Labute approximate surface area is 268 Å². The van der Waals surface area contributed by atoms with Crippen LogP contribution in [-0.4, -0.2) is 9.13 Å². The zero-order chi connectivity index (χ0) is 31.1. The molecule has 220 valence electrons. The van der Waals surface area contributed by atoms with Gasteiger partial charge in [-0.2, -0.15) is 0 Å². The molecule has 0 fully saturated rings. The zero-order valence-electron chi connectivity index (χ0n) is 25.2. The molecule has 0 saturated carbocycles. The molecule has 4 nitrogen and oxygen atoms in total. The summed E-state index contributed by atoms with van der Waals surface area (Å²) >= 11 is 0. The molecule has 0 amide bonds. The molecule has 0 aliphatic rings. The molecule has 10 rings (SSSR count). The van der Waals surface area contributed by atoms with Crippen LogP contribution in [0, 0.1) is 0 Å². The molecular formula is C43H26N2O2. The Balaban J connectivity index is 1.43. The van der Waals surface area contributed by atoms with E-state index < -0.39 is 0 Å². The largest absolute Gasteiger partial charge is 0.454 e. The highest BCUT2D eigenvalue weighted by Gasteiger charge is 2.24. The van der Waals surface area contributed by atoms with Crippen LogP contribution in [0.5, 0.6) is 0 Å². The van der Waals surface area contributed by atoms with Gasteiger partial charge in [-0.1, -0.05) is 109 Å². The molecule has 10 aromatic rings. The van der Waals surface area contributed by atoms with Gasteiger partial charge in [0.25, 0.3) is 0 Å². The van der Waals surface area contributed by atoms with Crippen molar-refractivity contribution in [2.75, 3.05) is 0 Å². The molecule has 0 saturated heterocycles. The highest BCUT2D eigenvalue weighted by Crippen LogP contribution is 2.43. The van der Waals surface area contributed by atoms with Crippen molar-refractivity contribution in [3.63, 3.8) is 0 Å². The molecule has 0 N–H and O–H groups in total. The van der Waals surface area contributed by atoms with Crippen molar-refractivity contribution < 1.29 is 4.42 Å². The topological polar surface area (TPSA) is 40.1 Å². The van der Waals surface area contributed by atoms with Gasteiger partial charge in [0.1, 0.15) is 5.58 Å². The second kappa shape index (κ2) is 9.80. The Morgan fingerprint density at radius 3 is 1.87 bits per heavy atom. The van der Waals surface area contributed by atoms with Crippen molar-refractivity contribution in [2.24, 2.45) is 0 Å². The molecule has 7 aromatic carbocycles. The number of benzene rings is 7. The predicted octanol–water partition coefficient (Wildman–Crippen LogP) is 10.8. The van der Waals surface area contributed by atoms with E-state index >= 15 is 0 Å². The van der Waals surface area contributed by atoms with Crippen LogP contribution in [0.1, 0.15) is 0 Å². The van der Waals surface area contributed by atoms with Crippen LogP contribution < -0.4 is 5.43 Å². The molecule has 0 spiro atoms. The van der Waals surface area contributed by atoms with E-state index in [0.29, 0.717) is 21.9 Å². The summed E-state index contributed by atoms with van der Waals surface area (Å²) in [6.07, 6.45) is 0. The standard InChI is InChI=1S/C43H26N2O2/c46-42-33-19-9-12-22-38(33)47-43-37(26-23-29(40(42)43)27-13-3-1-4-14-27)45-34-20-10-7-17-30(34)31-24-25-36-39(41(31)45)32-18-8-11-21-35(32)44(36)28-15-5-2-6-16-28/h1-26H. The maximum Gasteiger partial charge on any atom is 0.201 e. The van der Waals surface area contributed by atoms with Crippen molar-refractivity contribution >= 4 is 65.6 Å². The van der Waals surface area contributed by atoms with Crippen molar-refractivity contribution in [3.8, 4) is 22.5 Å². The van der Waals surface area contributed by atoms with E-state index in [9.17, 15) is 4.79 Å². The van der Waals surface area contributed by atoms with Gasteiger partial charge in [0, 0.05) is 27.2 Å². The quantitative estimate of drug-likeness (QED) is 0.189. The minimum absolute atomic E-state index is 0.0332. The molecule has 47 heavy (non-hydrogen) atoms. The molecule has 0 atom stereocenters. The van der Waals surface area contributed by atoms with Crippen LogP contribution >= 0.6 is 0 Å². The third-order valence-electron chi connectivity index (χ3n) is 9.52. The van der Waals surface area contributed by atoms with Crippen LogP contribution in [0.3, 0.4) is 0 Å². The number of para-hydroxylation sites is 4. The van der Waals surface area contributed by atoms with E-state index in [4.69, 9.17) is 4.42 Å². The van der Waals surface area contributed by atoms with E-state index in [-0.39, 0.29) is 5.43 Å². The summed E-state index contributed by atoms with van der Waals surface area (Å²) in [5.74, 6) is 0. The van der Waals surface area contributed by atoms with Gasteiger partial charge in [-0.25, -0.2) is 0 Å². The molecule has 0 radical (unpaired) electrons. The Kier molecular flexibility index (Phi) is 5.40. The summed E-state index contributed by atoms with van der Waals surface area (Å²) in [5.41, 5.74) is 9.27. The molecule has 0 aliphatic heterocycles. The van der Waals surface area contributed by atoms with Gasteiger partial charge in [0.05, 0.1) is 38.5 Å². The fourth-order valence-electron chi connectivity index (χ4n) is 7.54. The summed E-state index contributed by atoms with van der Waals surface area (Å²) in [6, 6.07) is 54.0. The van der Waals surface area contributed by atoms with Crippen molar-refractivity contribution in [1.82, 2.24) is 9.13 Å². The van der Waals surface area contributed by atoms with Crippen LogP contribution in [0.4, 0.5) is 0 Å². The maximum atomic E-state index is 14.4. The highest BCUT2D eigenvalue weighted by atomic mass is 16.3. The maximum absolute atomic E-state index is 14.4. The van der Waals surface area contributed by atoms with Gasteiger partial charge in [-0.3, -0.25) is 4.79 Å². The van der Waals surface area contributed by atoms with Gasteiger partial charge in [0.2, 0.25) is 5.43 Å². The van der Waals surface area contributed by atoms with E-state index in [2.05, 4.69) is 112 Å². The smallest absolute Gasteiger partial charge is 0.201 e. The fourth-order valence-corrected chi connectivity index (χ4v) is 7.54. The normalized spacial score (nSPS) is 11.9. The zero-order valence-corrected chi connectivity index (χ0v) is 25.2. The van der Waals surface area contributed by atoms with Crippen LogP contribution in [0.15, 0.2) is 167 Å². The number of hydrogen-bond acceptors (Lipinski definition) is 2. The second-order valence-electron chi connectivity index (χ2n) is 12.0. The SMILES string of the molecule is O=c1c2ccccc2oc2c(-n3c4ccccc4c4ccc5c(c6ccccc6n5-c5ccccc5)c43)ccc(-c3ccccc3)c12. The monoisotopic (exact) mass is 602 g/mol. The lowest BCUT2D eigenvalue weighted by Crippen LogP contribution is -2.06. The summed E-state index contributed by atoms with van der Waals surface area (Å²) in [5, 5.41) is 5.76. The lowest BCUT2D eigenvalue weighted by atomic mass is 9.98. The van der Waals surface area contributed by atoms with Gasteiger partial charge in [0.15, 0.2) is 5.58 Å². The highest BCUT2D eigenvalue weighted by molar-refractivity contribution is 6.26. The average molecular weight is 603 g/mol. The minimum Gasteiger partial charge on any atom is -0.454 e. The van der Waals surface area contributed by atoms with Gasteiger partial charge in [-0.05, 0) is 59.7 Å². The van der Waals surface area contributed by atoms with Crippen LogP contribution in [0.25, 0.3) is 88.1 Å². The molecular weight excluding hydrogens is 576 g/mol.